The van der Waals surface area contributed by atoms with Crippen molar-refractivity contribution in [3.63, 3.8) is 0 Å². The smallest absolute Gasteiger partial charge is 0.302 e. The van der Waals surface area contributed by atoms with Gasteiger partial charge in [-0.25, -0.2) is 0 Å². The predicted molar refractivity (Wildman–Crippen MR) is 281 cm³/mol. The second-order valence-corrected chi connectivity index (χ2v) is 15.5. The maximum absolute atomic E-state index is 11.2. The van der Waals surface area contributed by atoms with E-state index in [0.717, 1.165) is 51.7 Å². The Morgan fingerprint density at radius 3 is 1.30 bits per heavy atom. The number of thioether (sulfide) groups is 1. The van der Waals surface area contributed by atoms with Crippen molar-refractivity contribution in [3.05, 3.63) is 12.7 Å². The monoisotopic (exact) mass is 984 g/mol. The molecule has 0 fully saturated rings. The first-order valence-electron chi connectivity index (χ1n) is 24.4. The normalized spacial score (nSPS) is 9.46. The predicted octanol–water partition coefficient (Wildman–Crippen LogP) is 11.0. The standard InChI is InChI=1S/C11H21NO2.C8H14O3.C7H14O2.C6H12O2.C5H10O2.C4H8O2.C4H10.C4H8.C3H8S/c1-3-11(14)8-10(9(2)13)6-4-5-7-12;1-3-4-8(10)6-11-5-7(2)9;1-3-9-6-4-5-7(2)8;1-3-8-5-4-6(2)7;1-3-7-4-5(2)6;1-3-6-4(2)5;3*1-3-4-2/h10H,3-8,12H2,1-2H3;3-6H2,1-2H3;3-6H2,1-2H3;3-5H2,1-2H3;3-4H2,1-2H3;3H2,1-2H3;3-4H2,1-2H3;3H,1,4H2,2H3;3H2,1-2H3. The lowest BCUT2D eigenvalue weighted by molar-refractivity contribution is -0.140. The van der Waals surface area contributed by atoms with Crippen LogP contribution in [0.3, 0.4) is 0 Å². The molecule has 0 saturated carbocycles. The number of carbonyl (C=O) groups excluding carboxylic acids is 8. The van der Waals surface area contributed by atoms with Crippen molar-refractivity contribution in [2.75, 3.05) is 78.0 Å². The van der Waals surface area contributed by atoms with E-state index in [1.807, 2.05) is 52.5 Å². The Labute approximate surface area is 415 Å². The van der Waals surface area contributed by atoms with Gasteiger partial charge in [-0.2, -0.15) is 11.8 Å². The van der Waals surface area contributed by atoms with Crippen LogP contribution < -0.4 is 5.73 Å². The van der Waals surface area contributed by atoms with E-state index in [-0.39, 0.29) is 72.2 Å². The molecule has 1 atom stereocenters. The lowest BCUT2D eigenvalue weighted by atomic mass is 9.92. The Kier molecular flexibility index (Phi) is 100. The number of hydrogen-bond acceptors (Lipinski definition) is 15. The third-order valence-corrected chi connectivity index (χ3v) is 7.88. The van der Waals surface area contributed by atoms with Gasteiger partial charge < -0.3 is 34.2 Å². The lowest BCUT2D eigenvalue weighted by Gasteiger charge is -2.11. The molecule has 0 saturated heterocycles. The van der Waals surface area contributed by atoms with Crippen molar-refractivity contribution in [3.8, 4) is 0 Å². The highest BCUT2D eigenvalue weighted by atomic mass is 32.2. The summed E-state index contributed by atoms with van der Waals surface area (Å²) in [5.74, 6) is 1.80. The van der Waals surface area contributed by atoms with E-state index in [2.05, 4.69) is 45.3 Å². The quantitative estimate of drug-likeness (QED) is 0.0403. The number of ketones is 7. The average Bonchev–Trinajstić information content (AvgIpc) is 3.28. The summed E-state index contributed by atoms with van der Waals surface area (Å²) in [6.45, 7) is 37.3. The van der Waals surface area contributed by atoms with E-state index >= 15 is 0 Å². The zero-order valence-corrected chi connectivity index (χ0v) is 46.9. The molecule has 0 aromatic rings. The number of hydrogen-bond donors (Lipinski definition) is 1. The molecule has 0 amide bonds. The second-order valence-electron chi connectivity index (χ2n) is 14.4. The van der Waals surface area contributed by atoms with E-state index in [1.54, 1.807) is 27.7 Å². The molecule has 14 nitrogen and oxygen atoms in total. The van der Waals surface area contributed by atoms with Crippen LogP contribution >= 0.6 is 11.8 Å². The van der Waals surface area contributed by atoms with Crippen LogP contribution in [-0.4, -0.2) is 124 Å². The van der Waals surface area contributed by atoms with Crippen LogP contribution in [0.1, 0.15) is 194 Å². The van der Waals surface area contributed by atoms with Gasteiger partial charge in [0.2, 0.25) is 0 Å². The van der Waals surface area contributed by atoms with Gasteiger partial charge in [-0.3, -0.25) is 33.6 Å². The molecule has 1 unspecified atom stereocenters. The van der Waals surface area contributed by atoms with Crippen LogP contribution in [0.5, 0.6) is 0 Å². The number of unbranched alkanes of at least 4 members (excludes halogenated alkanes) is 2. The van der Waals surface area contributed by atoms with E-state index in [1.165, 1.54) is 39.4 Å². The van der Waals surface area contributed by atoms with E-state index in [4.69, 9.17) is 24.7 Å². The van der Waals surface area contributed by atoms with Crippen LogP contribution in [0.4, 0.5) is 0 Å². The molecule has 67 heavy (non-hydrogen) atoms. The number of esters is 1. The molecule has 0 aromatic heterocycles. The van der Waals surface area contributed by atoms with Gasteiger partial charge in [-0.05, 0) is 113 Å². The molecule has 0 aliphatic rings. The zero-order chi connectivity index (χ0) is 54.1. The number of nitrogens with two attached hydrogens (primary N) is 1. The van der Waals surface area contributed by atoms with Crippen molar-refractivity contribution in [1.82, 2.24) is 0 Å². The topological polar surface area (TPSA) is 209 Å². The minimum atomic E-state index is -0.211. The van der Waals surface area contributed by atoms with Crippen LogP contribution in [0.2, 0.25) is 0 Å². The third kappa shape index (κ3) is 133. The highest BCUT2D eigenvalue weighted by molar-refractivity contribution is 7.98. The zero-order valence-electron chi connectivity index (χ0n) is 46.1. The lowest BCUT2D eigenvalue weighted by Crippen LogP contribution is -2.16. The highest BCUT2D eigenvalue weighted by Crippen LogP contribution is 2.15. The summed E-state index contributed by atoms with van der Waals surface area (Å²) < 4.78 is 23.9. The van der Waals surface area contributed by atoms with Crippen LogP contribution in [0.15, 0.2) is 12.7 Å². The van der Waals surface area contributed by atoms with Crippen LogP contribution in [0.25, 0.3) is 0 Å². The fourth-order valence-corrected chi connectivity index (χ4v) is 3.44. The molecule has 0 heterocycles. The number of carbonyl (C=O) groups is 8. The van der Waals surface area contributed by atoms with Crippen molar-refractivity contribution in [2.45, 2.75) is 194 Å². The fraction of sp³-hybridized carbons (Fsp3) is 0.808. The molecular weight excluding hydrogens is 879 g/mol. The van der Waals surface area contributed by atoms with Gasteiger partial charge in [-0.1, -0.05) is 66.9 Å². The molecular formula is C52H105NO13S. The summed E-state index contributed by atoms with van der Waals surface area (Å²) in [5.41, 5.74) is 5.37. The summed E-state index contributed by atoms with van der Waals surface area (Å²) in [6.07, 6.45) is 14.8. The molecule has 0 bridgehead atoms. The molecule has 0 spiro atoms. The fourth-order valence-electron chi connectivity index (χ4n) is 3.44. The highest BCUT2D eigenvalue weighted by Gasteiger charge is 2.16. The Bertz CT molecular complexity index is 1090. The Balaban J connectivity index is -0.0000000833. The van der Waals surface area contributed by atoms with Crippen molar-refractivity contribution < 1.29 is 62.0 Å². The van der Waals surface area contributed by atoms with Crippen LogP contribution in [-0.2, 0) is 62.0 Å². The number of allylic oxidation sites excluding steroid dienone is 1. The number of ether oxygens (including phenoxy) is 5. The maximum atomic E-state index is 11.2. The SMILES string of the molecule is C=CCC.CCC(=O)CC(CCCCN)C(C)=O.CCCC.CCCC(=O)COCC(C)=O.CCOC(C)=O.CCOCC(C)=O.CCOCCC(C)=O.CCOCCCC(C)=O.CCSC. The molecule has 402 valence electrons. The first-order valence-corrected chi connectivity index (χ1v) is 25.8. The van der Waals surface area contributed by atoms with Crippen molar-refractivity contribution in [2.24, 2.45) is 11.7 Å². The Hall–Kier alpha value is -2.95. The van der Waals surface area contributed by atoms with Crippen molar-refractivity contribution >= 4 is 58.2 Å². The van der Waals surface area contributed by atoms with E-state index in [0.29, 0.717) is 65.1 Å². The molecule has 0 aliphatic heterocycles. The van der Waals surface area contributed by atoms with Gasteiger partial charge >= 0.3 is 5.97 Å². The molecule has 0 aromatic carbocycles. The van der Waals surface area contributed by atoms with Gasteiger partial charge in [0.25, 0.3) is 0 Å². The first kappa shape index (κ1) is 84.0. The van der Waals surface area contributed by atoms with Gasteiger partial charge in [-0.15, -0.1) is 6.58 Å². The molecule has 0 rings (SSSR count). The molecule has 15 heteroatoms. The van der Waals surface area contributed by atoms with Gasteiger partial charge in [0.05, 0.1) is 13.2 Å². The Morgan fingerprint density at radius 1 is 0.552 bits per heavy atom. The van der Waals surface area contributed by atoms with E-state index < -0.39 is 0 Å². The average molecular weight is 984 g/mol. The molecule has 0 radical (unpaired) electrons. The second kappa shape index (κ2) is 80.1. The van der Waals surface area contributed by atoms with Crippen LogP contribution in [0, 0.1) is 5.92 Å². The maximum Gasteiger partial charge on any atom is 0.302 e. The summed E-state index contributed by atoms with van der Waals surface area (Å²) in [6, 6.07) is 0. The summed E-state index contributed by atoms with van der Waals surface area (Å²) >= 11 is 1.86. The summed E-state index contributed by atoms with van der Waals surface area (Å²) in [4.78, 5) is 84.0. The molecule has 2 N–H and O–H groups in total. The molecule has 0 aliphatic carbocycles. The van der Waals surface area contributed by atoms with E-state index in [9.17, 15) is 38.4 Å². The number of Topliss-reactive ketones (excluding diaryl/α,β-unsaturated/α-hetero) is 7. The summed E-state index contributed by atoms with van der Waals surface area (Å²) in [7, 11) is 0. The largest absolute Gasteiger partial charge is 0.466 e. The minimum absolute atomic E-state index is 0.0469. The summed E-state index contributed by atoms with van der Waals surface area (Å²) in [5, 5.41) is 0. The van der Waals surface area contributed by atoms with Crippen molar-refractivity contribution in [1.29, 1.82) is 0 Å². The first-order chi connectivity index (χ1) is 31.6. The third-order valence-electron chi connectivity index (χ3n) is 7.31. The van der Waals surface area contributed by atoms with Gasteiger partial charge in [0, 0.05) is 71.4 Å². The Morgan fingerprint density at radius 2 is 1.01 bits per heavy atom. The van der Waals surface area contributed by atoms with Gasteiger partial charge in [0.15, 0.2) is 17.3 Å². The van der Waals surface area contributed by atoms with Gasteiger partial charge in [0.1, 0.15) is 43.0 Å². The number of rotatable bonds is 30. The minimum Gasteiger partial charge on any atom is -0.466 e.